The molecule has 0 saturated carbocycles. The van der Waals surface area contributed by atoms with Gasteiger partial charge in [0.15, 0.2) is 0 Å². The summed E-state index contributed by atoms with van der Waals surface area (Å²) in [6.07, 6.45) is -0.483. The highest BCUT2D eigenvalue weighted by Gasteiger charge is 2.35. The standard InChI is InChI=1S/C12H24N2O4/c1-12(2,3)18-11(15)14-7-9(13)10(8-14)17-6-5-16-4/h9-10H,5-8,13H2,1-4H3/t9-,10-/m0/s1. The van der Waals surface area contributed by atoms with E-state index in [0.29, 0.717) is 26.3 Å². The maximum absolute atomic E-state index is 11.8. The number of nitrogens with zero attached hydrogens (tertiary/aromatic N) is 1. The van der Waals surface area contributed by atoms with Crippen LogP contribution in [0.3, 0.4) is 0 Å². The van der Waals surface area contributed by atoms with E-state index in [2.05, 4.69) is 0 Å². The van der Waals surface area contributed by atoms with Crippen LogP contribution in [0.5, 0.6) is 0 Å². The average molecular weight is 260 g/mol. The first kappa shape index (κ1) is 15.2. The van der Waals surface area contributed by atoms with Gasteiger partial charge in [0.25, 0.3) is 0 Å². The molecule has 1 amide bonds. The summed E-state index contributed by atoms with van der Waals surface area (Å²) in [4.78, 5) is 13.4. The van der Waals surface area contributed by atoms with E-state index in [-0.39, 0.29) is 18.2 Å². The molecule has 1 fully saturated rings. The number of methoxy groups -OCH3 is 1. The van der Waals surface area contributed by atoms with Gasteiger partial charge in [-0.1, -0.05) is 0 Å². The van der Waals surface area contributed by atoms with Gasteiger partial charge < -0.3 is 24.8 Å². The first-order chi connectivity index (χ1) is 8.33. The van der Waals surface area contributed by atoms with Gasteiger partial charge in [0.1, 0.15) is 5.60 Å². The highest BCUT2D eigenvalue weighted by Crippen LogP contribution is 2.16. The predicted molar refractivity (Wildman–Crippen MR) is 67.4 cm³/mol. The number of rotatable bonds is 4. The van der Waals surface area contributed by atoms with Crippen LogP contribution in [0, 0.1) is 0 Å². The monoisotopic (exact) mass is 260 g/mol. The summed E-state index contributed by atoms with van der Waals surface area (Å²) < 4.78 is 15.8. The minimum atomic E-state index is -0.490. The molecule has 2 N–H and O–H groups in total. The molecule has 0 aliphatic carbocycles. The molecule has 0 radical (unpaired) electrons. The first-order valence-corrected chi connectivity index (χ1v) is 6.17. The van der Waals surface area contributed by atoms with Gasteiger partial charge in [-0.05, 0) is 20.8 Å². The molecule has 1 aliphatic heterocycles. The van der Waals surface area contributed by atoms with Crippen LogP contribution in [0.4, 0.5) is 4.79 Å². The van der Waals surface area contributed by atoms with Gasteiger partial charge in [0.05, 0.1) is 31.9 Å². The van der Waals surface area contributed by atoms with E-state index in [1.54, 1.807) is 12.0 Å². The van der Waals surface area contributed by atoms with Crippen molar-refractivity contribution in [3.05, 3.63) is 0 Å². The predicted octanol–water partition coefficient (Wildman–Crippen LogP) is 0.596. The molecule has 106 valence electrons. The summed E-state index contributed by atoms with van der Waals surface area (Å²) in [5, 5.41) is 0. The number of hydrogen-bond donors (Lipinski definition) is 1. The van der Waals surface area contributed by atoms with Gasteiger partial charge in [-0.3, -0.25) is 0 Å². The third-order valence-electron chi connectivity index (χ3n) is 2.58. The summed E-state index contributed by atoms with van der Waals surface area (Å²) in [6, 6.07) is -0.172. The van der Waals surface area contributed by atoms with Crippen molar-refractivity contribution in [2.75, 3.05) is 33.4 Å². The third kappa shape index (κ3) is 4.80. The number of carbonyl (C=O) groups excluding carboxylic acids is 1. The molecule has 2 atom stereocenters. The fourth-order valence-corrected chi connectivity index (χ4v) is 1.73. The molecular formula is C12H24N2O4. The van der Waals surface area contributed by atoms with Crippen molar-refractivity contribution >= 4 is 6.09 Å². The Bertz CT molecular complexity index is 278. The van der Waals surface area contributed by atoms with E-state index in [9.17, 15) is 4.79 Å². The van der Waals surface area contributed by atoms with Gasteiger partial charge in [-0.2, -0.15) is 0 Å². The molecule has 1 heterocycles. The summed E-state index contributed by atoms with van der Waals surface area (Å²) in [5.41, 5.74) is 5.45. The Kier molecular flexibility index (Phi) is 5.37. The number of likely N-dealkylation sites (tertiary alicyclic amines) is 1. The second-order valence-electron chi connectivity index (χ2n) is 5.45. The quantitative estimate of drug-likeness (QED) is 0.749. The lowest BCUT2D eigenvalue weighted by Crippen LogP contribution is -2.37. The van der Waals surface area contributed by atoms with Crippen LogP contribution in [0.1, 0.15) is 20.8 Å². The highest BCUT2D eigenvalue weighted by atomic mass is 16.6. The number of ether oxygens (including phenoxy) is 3. The normalized spacial score (nSPS) is 24.4. The number of carbonyl (C=O) groups is 1. The van der Waals surface area contributed by atoms with Crippen molar-refractivity contribution in [1.29, 1.82) is 0 Å². The van der Waals surface area contributed by atoms with E-state index in [1.165, 1.54) is 0 Å². The second kappa shape index (κ2) is 6.36. The average Bonchev–Trinajstić information content (AvgIpc) is 2.58. The van der Waals surface area contributed by atoms with Crippen LogP contribution in [0.2, 0.25) is 0 Å². The third-order valence-corrected chi connectivity index (χ3v) is 2.58. The lowest BCUT2D eigenvalue weighted by molar-refractivity contribution is 0.00790. The zero-order chi connectivity index (χ0) is 13.8. The van der Waals surface area contributed by atoms with Crippen LogP contribution in [-0.4, -0.2) is 62.2 Å². The molecule has 6 nitrogen and oxygen atoms in total. The molecule has 1 saturated heterocycles. The highest BCUT2D eigenvalue weighted by molar-refractivity contribution is 5.68. The van der Waals surface area contributed by atoms with Crippen LogP contribution in [-0.2, 0) is 14.2 Å². The van der Waals surface area contributed by atoms with Crippen LogP contribution >= 0.6 is 0 Å². The molecule has 0 spiro atoms. The fourth-order valence-electron chi connectivity index (χ4n) is 1.73. The van der Waals surface area contributed by atoms with Gasteiger partial charge in [0, 0.05) is 13.7 Å². The largest absolute Gasteiger partial charge is 0.444 e. The summed E-state index contributed by atoms with van der Waals surface area (Å²) in [7, 11) is 1.62. The smallest absolute Gasteiger partial charge is 0.410 e. The topological polar surface area (TPSA) is 74.0 Å². The maximum atomic E-state index is 11.8. The molecule has 1 aliphatic rings. The number of amides is 1. The number of hydrogen-bond acceptors (Lipinski definition) is 5. The van der Waals surface area contributed by atoms with Crippen molar-refractivity contribution in [1.82, 2.24) is 4.90 Å². The van der Waals surface area contributed by atoms with Gasteiger partial charge in [-0.15, -0.1) is 0 Å². The molecule has 0 unspecified atom stereocenters. The Morgan fingerprint density at radius 2 is 2.00 bits per heavy atom. The molecule has 0 aromatic carbocycles. The summed E-state index contributed by atoms with van der Waals surface area (Å²) in [5.74, 6) is 0. The van der Waals surface area contributed by atoms with Gasteiger partial charge in [0.2, 0.25) is 0 Å². The summed E-state index contributed by atoms with van der Waals surface area (Å²) >= 11 is 0. The van der Waals surface area contributed by atoms with Crippen LogP contribution in [0.25, 0.3) is 0 Å². The molecule has 0 aromatic heterocycles. The molecule has 1 rings (SSSR count). The molecule has 6 heteroatoms. The van der Waals surface area contributed by atoms with E-state index < -0.39 is 5.60 Å². The van der Waals surface area contributed by atoms with Crippen molar-refractivity contribution in [2.24, 2.45) is 5.73 Å². The second-order valence-corrected chi connectivity index (χ2v) is 5.45. The first-order valence-electron chi connectivity index (χ1n) is 6.17. The Morgan fingerprint density at radius 1 is 1.33 bits per heavy atom. The molecule has 18 heavy (non-hydrogen) atoms. The van der Waals surface area contributed by atoms with Crippen LogP contribution < -0.4 is 5.73 Å². The fraction of sp³-hybridized carbons (Fsp3) is 0.917. The van der Waals surface area contributed by atoms with Gasteiger partial charge in [-0.25, -0.2) is 4.79 Å². The van der Waals surface area contributed by atoms with E-state index in [1.807, 2.05) is 20.8 Å². The Hall–Kier alpha value is -0.850. The number of nitrogens with two attached hydrogens (primary N) is 1. The van der Waals surface area contributed by atoms with Crippen molar-refractivity contribution in [3.63, 3.8) is 0 Å². The SMILES string of the molecule is COCCO[C@H]1CN(C(=O)OC(C)(C)C)C[C@@H]1N. The summed E-state index contributed by atoms with van der Waals surface area (Å²) in [6.45, 7) is 7.47. The van der Waals surface area contributed by atoms with Gasteiger partial charge >= 0.3 is 6.09 Å². The molecule has 0 bridgehead atoms. The Labute approximate surface area is 108 Å². The zero-order valence-corrected chi connectivity index (χ0v) is 11.6. The minimum Gasteiger partial charge on any atom is -0.444 e. The van der Waals surface area contributed by atoms with E-state index >= 15 is 0 Å². The zero-order valence-electron chi connectivity index (χ0n) is 11.6. The Morgan fingerprint density at radius 3 is 2.56 bits per heavy atom. The van der Waals surface area contributed by atoms with E-state index in [0.717, 1.165) is 0 Å². The maximum Gasteiger partial charge on any atom is 0.410 e. The minimum absolute atomic E-state index is 0.146. The molecular weight excluding hydrogens is 236 g/mol. The molecule has 0 aromatic rings. The lowest BCUT2D eigenvalue weighted by atomic mass is 10.2. The lowest BCUT2D eigenvalue weighted by Gasteiger charge is -2.24. The van der Waals surface area contributed by atoms with Crippen molar-refractivity contribution < 1.29 is 19.0 Å². The van der Waals surface area contributed by atoms with Crippen molar-refractivity contribution in [3.8, 4) is 0 Å². The van der Waals surface area contributed by atoms with E-state index in [4.69, 9.17) is 19.9 Å². The van der Waals surface area contributed by atoms with Crippen LogP contribution in [0.15, 0.2) is 0 Å². The Balaban J connectivity index is 2.40. The van der Waals surface area contributed by atoms with Crippen molar-refractivity contribution in [2.45, 2.75) is 38.5 Å².